The average Bonchev–Trinajstić information content (AvgIpc) is 3.66. The first-order chi connectivity index (χ1) is 22.4. The van der Waals surface area contributed by atoms with Crippen LogP contribution in [0.5, 0.6) is 11.8 Å². The zero-order valence-corrected chi connectivity index (χ0v) is 25.1. The molecule has 3 aromatic carbocycles. The van der Waals surface area contributed by atoms with Crippen molar-refractivity contribution in [3.05, 3.63) is 53.1 Å². The van der Waals surface area contributed by atoms with Crippen molar-refractivity contribution >= 4 is 27.5 Å². The van der Waals surface area contributed by atoms with Gasteiger partial charge in [-0.05, 0) is 68.4 Å². The molecule has 0 saturated carbocycles. The highest BCUT2D eigenvalue weighted by Gasteiger charge is 2.55. The molecule has 4 saturated heterocycles. The molecule has 5 heterocycles. The van der Waals surface area contributed by atoms with Crippen LogP contribution >= 0.6 is 0 Å². The van der Waals surface area contributed by atoms with Gasteiger partial charge in [-0.25, -0.2) is 31.7 Å². The van der Waals surface area contributed by atoms with Crippen LogP contribution < -0.4 is 15.0 Å². The molecule has 2 atom stereocenters. The number of anilines is 1. The number of aromatic nitrogens is 2. The lowest BCUT2D eigenvalue weighted by Gasteiger charge is -2.40. The molecular formula is C34H29F6N5O2. The summed E-state index contributed by atoms with van der Waals surface area (Å²) < 4.78 is 99.5. The van der Waals surface area contributed by atoms with E-state index in [0.29, 0.717) is 0 Å². The summed E-state index contributed by atoms with van der Waals surface area (Å²) in [6.07, 6.45) is 9.07. The number of piperazine rings is 1. The number of fused-ring (bicyclic) bond motifs is 5. The third-order valence-corrected chi connectivity index (χ3v) is 10.2. The van der Waals surface area contributed by atoms with Crippen molar-refractivity contribution in [3.63, 3.8) is 0 Å². The number of alkyl halides is 2. The molecule has 4 fully saturated rings. The van der Waals surface area contributed by atoms with Gasteiger partial charge in [-0.15, -0.1) is 6.42 Å². The Labute approximate surface area is 265 Å². The predicted molar refractivity (Wildman–Crippen MR) is 162 cm³/mol. The van der Waals surface area contributed by atoms with Crippen molar-refractivity contribution in [3.8, 4) is 35.2 Å². The third kappa shape index (κ3) is 4.67. The zero-order chi connectivity index (χ0) is 32.9. The van der Waals surface area contributed by atoms with Crippen molar-refractivity contribution in [2.45, 2.75) is 55.6 Å². The molecule has 1 aromatic heterocycles. The summed E-state index contributed by atoms with van der Waals surface area (Å²) in [7, 11) is 0. The largest absolute Gasteiger partial charge is 0.508 e. The molecule has 47 heavy (non-hydrogen) atoms. The van der Waals surface area contributed by atoms with Gasteiger partial charge in [0.2, 0.25) is 0 Å². The number of nitrogens with zero attached hydrogens (tertiary/aromatic N) is 4. The van der Waals surface area contributed by atoms with Crippen LogP contribution in [0.3, 0.4) is 0 Å². The molecule has 4 aliphatic heterocycles. The highest BCUT2D eigenvalue weighted by molar-refractivity contribution is 6.04. The van der Waals surface area contributed by atoms with Gasteiger partial charge < -0.3 is 14.7 Å². The quantitative estimate of drug-likeness (QED) is 0.150. The maximum absolute atomic E-state index is 16.8. The van der Waals surface area contributed by atoms with E-state index in [2.05, 4.69) is 26.1 Å². The number of halogens is 6. The molecule has 244 valence electrons. The van der Waals surface area contributed by atoms with E-state index >= 15 is 17.6 Å². The summed E-state index contributed by atoms with van der Waals surface area (Å²) in [6, 6.07) is 3.52. The summed E-state index contributed by atoms with van der Waals surface area (Å²) in [5, 5.41) is 12.4. The molecule has 0 amide bonds. The molecule has 0 spiro atoms. The minimum absolute atomic E-state index is 0.0899. The second-order valence-electron chi connectivity index (χ2n) is 13.2. The molecular weight excluding hydrogens is 624 g/mol. The minimum atomic E-state index is -2.10. The van der Waals surface area contributed by atoms with Gasteiger partial charge in [0.25, 0.3) is 0 Å². The number of benzene rings is 3. The fourth-order valence-electron chi connectivity index (χ4n) is 8.15. The van der Waals surface area contributed by atoms with Gasteiger partial charge in [-0.2, -0.15) is 9.97 Å². The highest BCUT2D eigenvalue weighted by Crippen LogP contribution is 2.45. The first-order valence-corrected chi connectivity index (χ1v) is 15.5. The summed E-state index contributed by atoms with van der Waals surface area (Å²) in [5.74, 6) is -7.85. The van der Waals surface area contributed by atoms with Gasteiger partial charge in [-0.1, -0.05) is 5.92 Å². The minimum Gasteiger partial charge on any atom is -0.508 e. The Morgan fingerprint density at radius 3 is 2.30 bits per heavy atom. The van der Waals surface area contributed by atoms with Crippen LogP contribution in [-0.2, 0) is 0 Å². The number of phenols is 1. The lowest BCUT2D eigenvalue weighted by Crippen LogP contribution is -2.62. The maximum atomic E-state index is 16.8. The lowest BCUT2D eigenvalue weighted by atomic mass is 9.92. The number of aromatic hydroxyl groups is 1. The Bertz CT molecular complexity index is 2010. The molecule has 4 aromatic rings. The van der Waals surface area contributed by atoms with Gasteiger partial charge in [0.1, 0.15) is 29.5 Å². The van der Waals surface area contributed by atoms with Crippen LogP contribution in [0.4, 0.5) is 32.2 Å². The first kappa shape index (κ1) is 30.1. The van der Waals surface area contributed by atoms with E-state index in [1.807, 2.05) is 0 Å². The number of hydrogen-bond acceptors (Lipinski definition) is 7. The molecule has 2 unspecified atom stereocenters. The van der Waals surface area contributed by atoms with Crippen molar-refractivity contribution in [2.24, 2.45) is 0 Å². The van der Waals surface area contributed by atoms with Crippen molar-refractivity contribution < 1.29 is 36.2 Å². The molecule has 2 bridgehead atoms. The smallest absolute Gasteiger partial charge is 0.319 e. The second kappa shape index (κ2) is 10.4. The Kier molecular flexibility index (Phi) is 6.63. The number of terminal acetylenes is 1. The Balaban J connectivity index is 1.33. The van der Waals surface area contributed by atoms with Gasteiger partial charge in [0, 0.05) is 29.2 Å². The van der Waals surface area contributed by atoms with Crippen LogP contribution in [0.25, 0.3) is 32.8 Å². The van der Waals surface area contributed by atoms with E-state index in [1.54, 1.807) is 0 Å². The molecule has 7 nitrogen and oxygen atoms in total. The molecule has 2 N–H and O–H groups in total. The van der Waals surface area contributed by atoms with Crippen LogP contribution in [0, 0.1) is 35.6 Å². The van der Waals surface area contributed by atoms with Gasteiger partial charge in [0.15, 0.2) is 29.0 Å². The predicted octanol–water partition coefficient (Wildman–Crippen LogP) is 6.24. The second-order valence-corrected chi connectivity index (χ2v) is 13.2. The lowest BCUT2D eigenvalue weighted by molar-refractivity contribution is 0.0435. The summed E-state index contributed by atoms with van der Waals surface area (Å²) in [6.45, 7) is 1.35. The standard InChI is InChI=1S/C34H29F6N5O2/c1-2-20-25-18(12-24(36)27(20)37)11-19(46)13-21(25)26-23(35)14-22-29(28(26)38)41-31(47-17-32-5-3-9-45(32)10-4-6-32)42-30(22)44-15-33(39)7-8-34(40,16-44)43-33/h1,11-14,43,46H,3-10,15-17H2. The van der Waals surface area contributed by atoms with E-state index in [4.69, 9.17) is 11.2 Å². The number of phenolic OH excluding ortho intramolecular Hbond substituents is 1. The van der Waals surface area contributed by atoms with Gasteiger partial charge >= 0.3 is 6.01 Å². The number of rotatable bonds is 5. The van der Waals surface area contributed by atoms with Crippen molar-refractivity contribution in [2.75, 3.05) is 37.7 Å². The monoisotopic (exact) mass is 653 g/mol. The summed E-state index contributed by atoms with van der Waals surface area (Å²) in [5.41, 5.74) is -2.32. The average molecular weight is 654 g/mol. The Hall–Kier alpha value is -4.28. The molecule has 0 radical (unpaired) electrons. The maximum Gasteiger partial charge on any atom is 0.319 e. The van der Waals surface area contributed by atoms with E-state index in [0.717, 1.165) is 63.0 Å². The topological polar surface area (TPSA) is 73.8 Å². The number of nitrogens with one attached hydrogen (secondary N) is 1. The zero-order valence-electron chi connectivity index (χ0n) is 25.1. The summed E-state index contributed by atoms with van der Waals surface area (Å²) in [4.78, 5) is 12.4. The number of ether oxygens (including phenoxy) is 1. The van der Waals surface area contributed by atoms with Crippen LogP contribution in [0.15, 0.2) is 24.3 Å². The van der Waals surface area contributed by atoms with E-state index in [9.17, 15) is 13.9 Å². The van der Waals surface area contributed by atoms with E-state index < -0.39 is 57.2 Å². The SMILES string of the molecule is C#Cc1c(F)c(F)cc2cc(O)cc(-c3c(F)cc4c(N5CC6(F)CCC(F)(C5)N6)nc(OCC56CCCN5CCC6)nc4c3F)c12. The first-order valence-electron chi connectivity index (χ1n) is 15.5. The molecule has 13 heteroatoms. The molecule has 0 aliphatic carbocycles. The normalized spacial score (nSPS) is 25.1. The third-order valence-electron chi connectivity index (χ3n) is 10.2. The van der Waals surface area contributed by atoms with E-state index in [1.165, 1.54) is 4.90 Å². The Morgan fingerprint density at radius 2 is 1.62 bits per heavy atom. The fourth-order valence-corrected chi connectivity index (χ4v) is 8.15. The molecule has 8 rings (SSSR count). The van der Waals surface area contributed by atoms with Crippen LogP contribution in [0.2, 0.25) is 0 Å². The highest BCUT2D eigenvalue weighted by atomic mass is 19.2. The molecule has 4 aliphatic rings. The van der Waals surface area contributed by atoms with Crippen molar-refractivity contribution in [1.29, 1.82) is 0 Å². The van der Waals surface area contributed by atoms with Gasteiger partial charge in [-0.3, -0.25) is 4.90 Å². The van der Waals surface area contributed by atoms with Crippen molar-refractivity contribution in [1.82, 2.24) is 20.2 Å². The van der Waals surface area contributed by atoms with Crippen LogP contribution in [0.1, 0.15) is 44.1 Å². The fraction of sp³-hybridized carbons (Fsp3) is 0.412. The van der Waals surface area contributed by atoms with Crippen LogP contribution in [-0.4, -0.2) is 69.9 Å². The Morgan fingerprint density at radius 1 is 0.915 bits per heavy atom. The van der Waals surface area contributed by atoms with Gasteiger partial charge in [0.05, 0.1) is 29.8 Å². The summed E-state index contributed by atoms with van der Waals surface area (Å²) >= 11 is 0. The van der Waals surface area contributed by atoms with E-state index in [-0.39, 0.29) is 71.6 Å². The number of hydrogen-bond donors (Lipinski definition) is 2.